The van der Waals surface area contributed by atoms with Crippen molar-refractivity contribution >= 4 is 11.8 Å². The van der Waals surface area contributed by atoms with E-state index >= 15 is 0 Å². The maximum Gasteiger partial charge on any atom is 0.119 e. The Labute approximate surface area is 102 Å². The van der Waals surface area contributed by atoms with Crippen molar-refractivity contribution in [2.45, 2.75) is 13.8 Å². The molecule has 0 aliphatic carbocycles. The van der Waals surface area contributed by atoms with Crippen LogP contribution in [0.2, 0.25) is 0 Å². The predicted octanol–water partition coefficient (Wildman–Crippen LogP) is 3.46. The molecule has 0 amide bonds. The van der Waals surface area contributed by atoms with E-state index in [-0.39, 0.29) is 0 Å². The minimum absolute atomic E-state index is 0.756. The monoisotopic (exact) mass is 240 g/mol. The lowest BCUT2D eigenvalue weighted by molar-refractivity contribution is 0.342. The SMILES string of the molecule is COc1ccc(OCCSCC(C)C)cc1. The van der Waals surface area contributed by atoms with Gasteiger partial charge in [0.15, 0.2) is 0 Å². The topological polar surface area (TPSA) is 18.5 Å². The molecule has 0 aliphatic heterocycles. The maximum absolute atomic E-state index is 5.61. The van der Waals surface area contributed by atoms with E-state index in [1.807, 2.05) is 36.0 Å². The molecule has 0 unspecified atom stereocenters. The van der Waals surface area contributed by atoms with E-state index in [9.17, 15) is 0 Å². The van der Waals surface area contributed by atoms with Crippen LogP contribution in [0.4, 0.5) is 0 Å². The maximum atomic E-state index is 5.61. The Bertz CT molecular complexity index is 282. The highest BCUT2D eigenvalue weighted by atomic mass is 32.2. The summed E-state index contributed by atoms with van der Waals surface area (Å²) in [5.74, 6) is 4.77. The minimum Gasteiger partial charge on any atom is -0.497 e. The van der Waals surface area contributed by atoms with Crippen LogP contribution in [-0.4, -0.2) is 25.2 Å². The zero-order valence-corrected chi connectivity index (χ0v) is 11.0. The molecule has 2 nitrogen and oxygen atoms in total. The van der Waals surface area contributed by atoms with E-state index in [2.05, 4.69) is 13.8 Å². The third kappa shape index (κ3) is 5.31. The summed E-state index contributed by atoms with van der Waals surface area (Å²) < 4.78 is 10.7. The number of hydrogen-bond acceptors (Lipinski definition) is 3. The van der Waals surface area contributed by atoms with Crippen LogP contribution in [0.1, 0.15) is 13.8 Å². The van der Waals surface area contributed by atoms with Gasteiger partial charge in [-0.2, -0.15) is 11.8 Å². The Morgan fingerprint density at radius 1 is 1.12 bits per heavy atom. The highest BCUT2D eigenvalue weighted by molar-refractivity contribution is 7.99. The average molecular weight is 240 g/mol. The van der Waals surface area contributed by atoms with E-state index < -0.39 is 0 Å². The highest BCUT2D eigenvalue weighted by Crippen LogP contribution is 2.17. The molecule has 1 aromatic rings. The average Bonchev–Trinajstić information content (AvgIpc) is 2.29. The third-order valence-corrected chi connectivity index (χ3v) is 3.36. The second-order valence-electron chi connectivity index (χ2n) is 3.99. The molecule has 0 heterocycles. The van der Waals surface area contributed by atoms with Crippen molar-refractivity contribution in [1.82, 2.24) is 0 Å². The number of thioether (sulfide) groups is 1. The van der Waals surface area contributed by atoms with Crippen LogP contribution in [0.5, 0.6) is 11.5 Å². The second kappa shape index (κ2) is 7.44. The smallest absolute Gasteiger partial charge is 0.119 e. The fraction of sp³-hybridized carbons (Fsp3) is 0.538. The van der Waals surface area contributed by atoms with Gasteiger partial charge in [-0.15, -0.1) is 0 Å². The molecule has 0 aromatic heterocycles. The molecule has 0 atom stereocenters. The molecule has 1 rings (SSSR count). The molecule has 3 heteroatoms. The summed E-state index contributed by atoms with van der Waals surface area (Å²) in [4.78, 5) is 0. The summed E-state index contributed by atoms with van der Waals surface area (Å²) in [6, 6.07) is 7.70. The van der Waals surface area contributed by atoms with E-state index in [0.717, 1.165) is 29.8 Å². The van der Waals surface area contributed by atoms with Gasteiger partial charge in [0, 0.05) is 5.75 Å². The molecule has 0 bridgehead atoms. The Hall–Kier alpha value is -0.830. The number of hydrogen-bond donors (Lipinski definition) is 0. The Kier molecular flexibility index (Phi) is 6.16. The molecule has 1 aromatic carbocycles. The molecule has 0 radical (unpaired) electrons. The van der Waals surface area contributed by atoms with Gasteiger partial charge in [-0.25, -0.2) is 0 Å². The van der Waals surface area contributed by atoms with Crippen LogP contribution in [0.25, 0.3) is 0 Å². The van der Waals surface area contributed by atoms with Crippen LogP contribution >= 0.6 is 11.8 Å². The van der Waals surface area contributed by atoms with Crippen LogP contribution in [0.3, 0.4) is 0 Å². The minimum atomic E-state index is 0.756. The molecular formula is C13H20O2S. The number of methoxy groups -OCH3 is 1. The zero-order chi connectivity index (χ0) is 11.8. The fourth-order valence-corrected chi connectivity index (χ4v) is 2.05. The van der Waals surface area contributed by atoms with E-state index in [1.165, 1.54) is 5.75 Å². The molecule has 0 saturated heterocycles. The summed E-state index contributed by atoms with van der Waals surface area (Å²) in [5.41, 5.74) is 0. The van der Waals surface area contributed by atoms with Crippen molar-refractivity contribution in [1.29, 1.82) is 0 Å². The van der Waals surface area contributed by atoms with Gasteiger partial charge in [0.1, 0.15) is 11.5 Å². The summed E-state index contributed by atoms with van der Waals surface area (Å²) in [6.07, 6.45) is 0. The quantitative estimate of drug-likeness (QED) is 0.680. The molecule has 0 N–H and O–H groups in total. The lowest BCUT2D eigenvalue weighted by atomic mass is 10.3. The number of ether oxygens (including phenoxy) is 2. The Morgan fingerprint density at radius 2 is 1.75 bits per heavy atom. The van der Waals surface area contributed by atoms with Gasteiger partial charge in [-0.05, 0) is 35.9 Å². The van der Waals surface area contributed by atoms with Crippen molar-refractivity contribution in [3.63, 3.8) is 0 Å². The van der Waals surface area contributed by atoms with Crippen LogP contribution in [-0.2, 0) is 0 Å². The summed E-state index contributed by atoms with van der Waals surface area (Å²) in [5, 5.41) is 0. The molecule has 0 saturated carbocycles. The second-order valence-corrected chi connectivity index (χ2v) is 5.14. The lowest BCUT2D eigenvalue weighted by Gasteiger charge is -2.07. The van der Waals surface area contributed by atoms with Crippen molar-refractivity contribution in [2.24, 2.45) is 5.92 Å². The summed E-state index contributed by atoms with van der Waals surface area (Å²) >= 11 is 1.94. The number of rotatable bonds is 7. The third-order valence-electron chi connectivity index (χ3n) is 2.01. The van der Waals surface area contributed by atoms with Gasteiger partial charge in [-0.1, -0.05) is 13.8 Å². The first-order valence-electron chi connectivity index (χ1n) is 5.57. The molecule has 0 fully saturated rings. The normalized spacial score (nSPS) is 10.5. The van der Waals surface area contributed by atoms with Crippen LogP contribution < -0.4 is 9.47 Å². The van der Waals surface area contributed by atoms with Gasteiger partial charge >= 0.3 is 0 Å². The van der Waals surface area contributed by atoms with Crippen LogP contribution in [0.15, 0.2) is 24.3 Å². The van der Waals surface area contributed by atoms with Gasteiger partial charge < -0.3 is 9.47 Å². The lowest BCUT2D eigenvalue weighted by Crippen LogP contribution is -2.02. The van der Waals surface area contributed by atoms with Gasteiger partial charge in [-0.3, -0.25) is 0 Å². The van der Waals surface area contributed by atoms with Gasteiger partial charge in [0.05, 0.1) is 13.7 Å². The first-order chi connectivity index (χ1) is 7.72. The van der Waals surface area contributed by atoms with Crippen molar-refractivity contribution < 1.29 is 9.47 Å². The summed E-state index contributed by atoms with van der Waals surface area (Å²) in [7, 11) is 1.67. The molecule has 90 valence electrons. The largest absolute Gasteiger partial charge is 0.497 e. The first kappa shape index (κ1) is 13.2. The predicted molar refractivity (Wildman–Crippen MR) is 70.7 cm³/mol. The molecular weight excluding hydrogens is 220 g/mol. The summed E-state index contributed by atoms with van der Waals surface area (Å²) in [6.45, 7) is 5.23. The van der Waals surface area contributed by atoms with Crippen molar-refractivity contribution in [3.05, 3.63) is 24.3 Å². The molecule has 0 spiro atoms. The van der Waals surface area contributed by atoms with Crippen molar-refractivity contribution in [2.75, 3.05) is 25.2 Å². The molecule has 0 aliphatic rings. The standard InChI is InChI=1S/C13H20O2S/c1-11(2)10-16-9-8-15-13-6-4-12(14-3)5-7-13/h4-7,11H,8-10H2,1-3H3. The van der Waals surface area contributed by atoms with Crippen LogP contribution in [0, 0.1) is 5.92 Å². The Morgan fingerprint density at radius 3 is 2.31 bits per heavy atom. The highest BCUT2D eigenvalue weighted by Gasteiger charge is 1.97. The number of benzene rings is 1. The van der Waals surface area contributed by atoms with Gasteiger partial charge in [0.2, 0.25) is 0 Å². The van der Waals surface area contributed by atoms with E-state index in [0.29, 0.717) is 0 Å². The van der Waals surface area contributed by atoms with E-state index in [1.54, 1.807) is 7.11 Å². The van der Waals surface area contributed by atoms with Crippen molar-refractivity contribution in [3.8, 4) is 11.5 Å². The van der Waals surface area contributed by atoms with E-state index in [4.69, 9.17) is 9.47 Å². The van der Waals surface area contributed by atoms with Gasteiger partial charge in [0.25, 0.3) is 0 Å². The first-order valence-corrected chi connectivity index (χ1v) is 6.72. The Balaban J connectivity index is 2.16. The zero-order valence-electron chi connectivity index (χ0n) is 10.2. The molecule has 16 heavy (non-hydrogen) atoms. The fourth-order valence-electron chi connectivity index (χ4n) is 1.21.